The quantitative estimate of drug-likeness (QED) is 0.660. The molecule has 9 heteroatoms. The third kappa shape index (κ3) is 6.62. The molecule has 2 aromatic rings. The van der Waals surface area contributed by atoms with Gasteiger partial charge in [-0.1, -0.05) is 20.8 Å². The van der Waals surface area contributed by atoms with E-state index in [1.165, 1.54) is 31.6 Å². The Labute approximate surface area is 167 Å². The maximum atomic E-state index is 13.6. The van der Waals surface area contributed by atoms with Crippen LogP contribution >= 0.6 is 0 Å². The summed E-state index contributed by atoms with van der Waals surface area (Å²) in [7, 11) is 1.19. The van der Waals surface area contributed by atoms with Gasteiger partial charge in [-0.05, 0) is 42.0 Å². The van der Waals surface area contributed by atoms with Crippen LogP contribution in [-0.2, 0) is 10.9 Å². The molecule has 29 heavy (non-hydrogen) atoms. The van der Waals surface area contributed by atoms with Crippen molar-refractivity contribution in [2.75, 3.05) is 19.0 Å². The smallest absolute Gasteiger partial charge is 0.421 e. The van der Waals surface area contributed by atoms with Crippen molar-refractivity contribution in [1.82, 2.24) is 9.97 Å². The molecule has 0 fully saturated rings. The average Bonchev–Trinajstić information content (AvgIpc) is 2.65. The Morgan fingerprint density at radius 1 is 1.17 bits per heavy atom. The molecule has 0 bridgehead atoms. The largest absolute Gasteiger partial charge is 0.477 e. The van der Waals surface area contributed by atoms with Gasteiger partial charge in [-0.25, -0.2) is 14.8 Å². The fourth-order valence-corrected chi connectivity index (χ4v) is 2.86. The number of anilines is 1. The third-order valence-corrected chi connectivity index (χ3v) is 4.04. The van der Waals surface area contributed by atoms with Gasteiger partial charge in [0, 0.05) is 18.0 Å². The van der Waals surface area contributed by atoms with Crippen LogP contribution in [0.1, 0.15) is 32.8 Å². The lowest BCUT2D eigenvalue weighted by Gasteiger charge is -2.18. The number of pyridine rings is 2. The van der Waals surface area contributed by atoms with Crippen molar-refractivity contribution < 1.29 is 27.4 Å². The van der Waals surface area contributed by atoms with Crippen LogP contribution in [0.2, 0.25) is 0 Å². The lowest BCUT2D eigenvalue weighted by atomic mass is 10.00. The lowest BCUT2D eigenvalue weighted by molar-refractivity contribution is -0.139. The molecule has 2 rings (SSSR count). The van der Waals surface area contributed by atoms with E-state index in [0.29, 0.717) is 11.5 Å². The van der Waals surface area contributed by atoms with Crippen molar-refractivity contribution in [2.24, 2.45) is 11.8 Å². The van der Waals surface area contributed by atoms with Crippen molar-refractivity contribution in [3.63, 3.8) is 0 Å². The monoisotopic (exact) mass is 411 g/mol. The first kappa shape index (κ1) is 22.4. The number of halogens is 3. The molecule has 0 aromatic carbocycles. The number of nitrogens with zero attached hydrogens (tertiary/aromatic N) is 2. The highest BCUT2D eigenvalue weighted by Gasteiger charge is 2.36. The van der Waals surface area contributed by atoms with Gasteiger partial charge in [0.1, 0.15) is 11.4 Å². The van der Waals surface area contributed by atoms with Gasteiger partial charge in [0.2, 0.25) is 5.88 Å². The van der Waals surface area contributed by atoms with E-state index in [-0.39, 0.29) is 23.9 Å². The summed E-state index contributed by atoms with van der Waals surface area (Å²) in [6, 6.07) is 3.93. The second kappa shape index (κ2) is 9.58. The molecule has 0 radical (unpaired) electrons. The Morgan fingerprint density at radius 2 is 1.90 bits per heavy atom. The Balaban J connectivity index is 2.29. The van der Waals surface area contributed by atoms with Crippen LogP contribution in [0.5, 0.6) is 5.88 Å². The van der Waals surface area contributed by atoms with E-state index >= 15 is 0 Å². The summed E-state index contributed by atoms with van der Waals surface area (Å²) in [4.78, 5) is 19.1. The van der Waals surface area contributed by atoms with Crippen molar-refractivity contribution in [3.8, 4) is 17.0 Å². The Bertz CT molecular complexity index is 841. The molecule has 158 valence electrons. The summed E-state index contributed by atoms with van der Waals surface area (Å²) < 4.78 is 50.6. The molecule has 0 saturated heterocycles. The molecule has 1 unspecified atom stereocenters. The Morgan fingerprint density at radius 3 is 2.52 bits per heavy atom. The van der Waals surface area contributed by atoms with Crippen LogP contribution in [0, 0.1) is 11.8 Å². The summed E-state index contributed by atoms with van der Waals surface area (Å²) >= 11 is 0. The summed E-state index contributed by atoms with van der Waals surface area (Å²) in [6.45, 7) is 6.16. The third-order valence-electron chi connectivity index (χ3n) is 4.04. The predicted octanol–water partition coefficient (Wildman–Crippen LogP) is 5.40. The van der Waals surface area contributed by atoms with Crippen LogP contribution in [0.15, 0.2) is 30.6 Å². The number of methoxy groups -OCH3 is 1. The lowest BCUT2D eigenvalue weighted by Crippen LogP contribution is -2.15. The second-order valence-corrected chi connectivity index (χ2v) is 7.17. The van der Waals surface area contributed by atoms with Crippen LogP contribution in [0.3, 0.4) is 0 Å². The molecule has 0 aliphatic heterocycles. The SMILES string of the molecule is COC(=O)Nc1cc(-c2cnc(OCC(C)CC(C)C)c(C(F)(F)F)c2)ccn1. The molecule has 1 atom stereocenters. The number of amides is 1. The Kier molecular flexibility index (Phi) is 7.41. The molecular formula is C20H24F3N3O3. The van der Waals surface area contributed by atoms with Crippen molar-refractivity contribution in [3.05, 3.63) is 36.2 Å². The number of carbonyl (C=O) groups excluding carboxylic acids is 1. The molecule has 0 spiro atoms. The zero-order chi connectivity index (χ0) is 21.6. The topological polar surface area (TPSA) is 73.3 Å². The summed E-state index contributed by atoms with van der Waals surface area (Å²) in [5.41, 5.74) is -0.328. The maximum absolute atomic E-state index is 13.6. The summed E-state index contributed by atoms with van der Waals surface area (Å²) in [5, 5.41) is 2.37. The molecule has 6 nitrogen and oxygen atoms in total. The zero-order valence-corrected chi connectivity index (χ0v) is 16.7. The summed E-state index contributed by atoms with van der Waals surface area (Å²) in [5.74, 6) is 0.222. The molecule has 2 aromatic heterocycles. The highest BCUT2D eigenvalue weighted by Crippen LogP contribution is 2.37. The van der Waals surface area contributed by atoms with E-state index < -0.39 is 23.7 Å². The van der Waals surface area contributed by atoms with Crippen LogP contribution < -0.4 is 10.1 Å². The van der Waals surface area contributed by atoms with E-state index in [1.807, 2.05) is 20.8 Å². The Hall–Kier alpha value is -2.84. The molecular weight excluding hydrogens is 387 g/mol. The molecule has 0 aliphatic carbocycles. The van der Waals surface area contributed by atoms with Gasteiger partial charge in [0.15, 0.2) is 0 Å². The molecule has 2 heterocycles. The van der Waals surface area contributed by atoms with Gasteiger partial charge >= 0.3 is 12.3 Å². The number of hydrogen-bond donors (Lipinski definition) is 1. The highest BCUT2D eigenvalue weighted by atomic mass is 19.4. The number of alkyl halides is 3. The average molecular weight is 411 g/mol. The van der Waals surface area contributed by atoms with Gasteiger partial charge in [-0.15, -0.1) is 0 Å². The van der Waals surface area contributed by atoms with Gasteiger partial charge in [0.05, 0.1) is 13.7 Å². The van der Waals surface area contributed by atoms with Gasteiger partial charge in [-0.2, -0.15) is 13.2 Å². The minimum atomic E-state index is -4.63. The standard InChI is InChI=1S/C20H24F3N3O3/c1-12(2)7-13(3)11-29-18-16(20(21,22)23)8-15(10-25-18)14-5-6-24-17(9-14)26-19(27)28-4/h5-6,8-10,12-13H,7,11H2,1-4H3,(H,24,26,27). The van der Waals surface area contributed by atoms with Crippen molar-refractivity contribution in [1.29, 1.82) is 0 Å². The number of carbonyl (C=O) groups is 1. The zero-order valence-electron chi connectivity index (χ0n) is 16.7. The van der Waals surface area contributed by atoms with Gasteiger partial charge in [0.25, 0.3) is 0 Å². The fourth-order valence-electron chi connectivity index (χ4n) is 2.86. The number of ether oxygens (including phenoxy) is 2. The number of rotatable bonds is 7. The number of nitrogens with one attached hydrogen (secondary N) is 1. The van der Waals surface area contributed by atoms with Gasteiger partial charge in [-0.3, -0.25) is 5.32 Å². The molecule has 1 amide bonds. The minimum absolute atomic E-state index is 0.102. The first-order chi connectivity index (χ1) is 13.6. The van der Waals surface area contributed by atoms with E-state index in [2.05, 4.69) is 20.0 Å². The van der Waals surface area contributed by atoms with Gasteiger partial charge < -0.3 is 9.47 Å². The van der Waals surface area contributed by atoms with Crippen molar-refractivity contribution >= 4 is 11.9 Å². The molecule has 0 aliphatic rings. The van der Waals surface area contributed by atoms with Crippen LogP contribution in [-0.4, -0.2) is 29.8 Å². The van der Waals surface area contributed by atoms with Crippen molar-refractivity contribution in [2.45, 2.75) is 33.4 Å². The molecule has 0 saturated carbocycles. The summed E-state index contributed by atoms with van der Waals surface area (Å²) in [6.07, 6.45) is -1.85. The van der Waals surface area contributed by atoms with E-state index in [9.17, 15) is 18.0 Å². The normalized spacial score (nSPS) is 12.6. The maximum Gasteiger partial charge on any atom is 0.421 e. The van der Waals surface area contributed by atoms with E-state index in [0.717, 1.165) is 12.5 Å². The van der Waals surface area contributed by atoms with E-state index in [1.54, 1.807) is 0 Å². The first-order valence-corrected chi connectivity index (χ1v) is 9.11. The first-order valence-electron chi connectivity index (χ1n) is 9.11. The number of aromatic nitrogens is 2. The minimum Gasteiger partial charge on any atom is -0.477 e. The second-order valence-electron chi connectivity index (χ2n) is 7.17. The number of hydrogen-bond acceptors (Lipinski definition) is 5. The van der Waals surface area contributed by atoms with E-state index in [4.69, 9.17) is 4.74 Å². The predicted molar refractivity (Wildman–Crippen MR) is 103 cm³/mol. The van der Waals surface area contributed by atoms with Crippen LogP contribution in [0.25, 0.3) is 11.1 Å². The van der Waals surface area contributed by atoms with Crippen LogP contribution in [0.4, 0.5) is 23.8 Å². The fraction of sp³-hybridized carbons (Fsp3) is 0.450. The highest BCUT2D eigenvalue weighted by molar-refractivity contribution is 5.84. The molecule has 1 N–H and O–H groups in total.